The molecule has 1 aliphatic heterocycles. The molecule has 0 N–H and O–H groups in total. The van der Waals surface area contributed by atoms with Crippen LogP contribution in [0, 0.1) is 0 Å². The molecular weight excluding hydrogens is 596 g/mol. The lowest BCUT2D eigenvalue weighted by molar-refractivity contribution is -0.139. The highest BCUT2D eigenvalue weighted by Gasteiger charge is 2.34. The molecule has 6 rings (SSSR count). The molecule has 1 aromatic heterocycles. The van der Waals surface area contributed by atoms with Crippen molar-refractivity contribution in [2.45, 2.75) is 26.5 Å². The van der Waals surface area contributed by atoms with Crippen molar-refractivity contribution < 1.29 is 19.0 Å². The first kappa shape index (κ1) is 29.4. The number of fused-ring (bicyclic) bond motifs is 2. The predicted molar refractivity (Wildman–Crippen MR) is 173 cm³/mol. The van der Waals surface area contributed by atoms with Crippen LogP contribution in [-0.4, -0.2) is 24.3 Å². The highest BCUT2D eigenvalue weighted by molar-refractivity contribution is 7.07. The third kappa shape index (κ3) is 5.54. The van der Waals surface area contributed by atoms with Crippen molar-refractivity contribution in [1.82, 2.24) is 4.57 Å². The molecule has 5 aromatic rings. The van der Waals surface area contributed by atoms with Crippen LogP contribution in [0.2, 0.25) is 5.02 Å². The van der Waals surface area contributed by atoms with Crippen LogP contribution >= 0.6 is 22.9 Å². The lowest BCUT2D eigenvalue weighted by Gasteiger charge is -2.25. The van der Waals surface area contributed by atoms with Crippen LogP contribution in [0.1, 0.15) is 36.6 Å². The average molecular weight is 625 g/mol. The van der Waals surface area contributed by atoms with Crippen molar-refractivity contribution in [3.8, 4) is 11.5 Å². The highest BCUT2D eigenvalue weighted by atomic mass is 35.5. The monoisotopic (exact) mass is 624 g/mol. The van der Waals surface area contributed by atoms with Gasteiger partial charge in [-0.1, -0.05) is 89.7 Å². The molecule has 0 amide bonds. The van der Waals surface area contributed by atoms with Crippen molar-refractivity contribution >= 4 is 45.8 Å². The number of esters is 1. The summed E-state index contributed by atoms with van der Waals surface area (Å²) in [6.45, 7) is 4.04. The molecule has 2 heterocycles. The molecule has 0 fully saturated rings. The summed E-state index contributed by atoms with van der Waals surface area (Å²) < 4.78 is 19.1. The molecule has 1 aliphatic rings. The fourth-order valence-corrected chi connectivity index (χ4v) is 6.63. The fraction of sp³-hybridized carbons (Fsp3) is 0.171. The Morgan fingerprint density at radius 2 is 1.80 bits per heavy atom. The van der Waals surface area contributed by atoms with Gasteiger partial charge in [-0.2, -0.15) is 0 Å². The van der Waals surface area contributed by atoms with Gasteiger partial charge in [-0.05, 0) is 60.0 Å². The van der Waals surface area contributed by atoms with Crippen LogP contribution in [-0.2, 0) is 16.1 Å². The molecule has 1 atom stereocenters. The van der Waals surface area contributed by atoms with E-state index in [1.807, 2.05) is 78.9 Å². The van der Waals surface area contributed by atoms with E-state index in [0.717, 1.165) is 27.5 Å². The summed E-state index contributed by atoms with van der Waals surface area (Å²) >= 11 is 7.56. The first-order chi connectivity index (χ1) is 21.4. The summed E-state index contributed by atoms with van der Waals surface area (Å²) in [6, 6.07) is 26.1. The van der Waals surface area contributed by atoms with E-state index in [-0.39, 0.29) is 18.8 Å². The number of carbonyl (C=O) groups is 1. The Morgan fingerprint density at radius 1 is 1.02 bits per heavy atom. The number of ether oxygens (including phenoxy) is 3. The smallest absolute Gasteiger partial charge is 0.338 e. The zero-order chi connectivity index (χ0) is 30.8. The molecule has 0 unspecified atom stereocenters. The fourth-order valence-electron chi connectivity index (χ4n) is 5.39. The lowest BCUT2D eigenvalue weighted by atomic mass is 9.91. The quantitative estimate of drug-likeness (QED) is 0.192. The number of halogens is 1. The maximum absolute atomic E-state index is 14.1. The summed E-state index contributed by atoms with van der Waals surface area (Å²) in [5.74, 6) is 0.586. The van der Waals surface area contributed by atoms with Gasteiger partial charge in [0.15, 0.2) is 16.3 Å². The van der Waals surface area contributed by atoms with Gasteiger partial charge in [0.1, 0.15) is 6.61 Å². The number of thiazole rings is 1. The minimum atomic E-state index is -0.700. The zero-order valence-corrected chi connectivity index (χ0v) is 25.9. The summed E-state index contributed by atoms with van der Waals surface area (Å²) in [6.07, 6.45) is 1.80. The van der Waals surface area contributed by atoms with Crippen molar-refractivity contribution in [2.75, 3.05) is 13.7 Å². The minimum absolute atomic E-state index is 0.211. The zero-order valence-electron chi connectivity index (χ0n) is 24.4. The maximum Gasteiger partial charge on any atom is 0.338 e. The molecule has 0 radical (unpaired) electrons. The molecule has 0 saturated carbocycles. The molecule has 222 valence electrons. The highest BCUT2D eigenvalue weighted by Crippen LogP contribution is 2.35. The van der Waals surface area contributed by atoms with E-state index in [1.54, 1.807) is 37.7 Å². The van der Waals surface area contributed by atoms with Crippen LogP contribution < -0.4 is 24.4 Å². The average Bonchev–Trinajstić information content (AvgIpc) is 3.33. The molecule has 44 heavy (non-hydrogen) atoms. The molecule has 0 saturated heterocycles. The van der Waals surface area contributed by atoms with Crippen molar-refractivity contribution in [3.05, 3.63) is 138 Å². The third-order valence-electron chi connectivity index (χ3n) is 7.46. The molecule has 0 bridgehead atoms. The van der Waals surface area contributed by atoms with Gasteiger partial charge in [-0.25, -0.2) is 9.79 Å². The minimum Gasteiger partial charge on any atom is -0.493 e. The number of methoxy groups -OCH3 is 1. The van der Waals surface area contributed by atoms with E-state index in [0.29, 0.717) is 37.1 Å². The summed E-state index contributed by atoms with van der Waals surface area (Å²) in [5.41, 5.74) is 3.06. The standard InChI is InChI=1S/C35H29ClN2O5S/c1-4-42-34(40)31-21(2)37-35-38(32(31)26-14-9-12-23-10-5-7-13-25(23)26)33(39)30(44-35)19-22-16-17-28(29(18-22)41-3)43-20-24-11-6-8-15-27(24)36/h5-19,32H,4,20H2,1-3H3/b30-19-/t32-/m1/s1. The lowest BCUT2D eigenvalue weighted by Crippen LogP contribution is -2.40. The van der Waals surface area contributed by atoms with Gasteiger partial charge in [0.25, 0.3) is 5.56 Å². The molecule has 9 heteroatoms. The maximum atomic E-state index is 14.1. The second-order valence-electron chi connectivity index (χ2n) is 10.2. The largest absolute Gasteiger partial charge is 0.493 e. The van der Waals surface area contributed by atoms with Crippen LogP contribution in [0.25, 0.3) is 16.8 Å². The Labute approximate surface area is 262 Å². The van der Waals surface area contributed by atoms with Gasteiger partial charge < -0.3 is 14.2 Å². The number of benzene rings is 4. The van der Waals surface area contributed by atoms with Crippen LogP contribution in [0.3, 0.4) is 0 Å². The Balaban J connectivity index is 1.44. The van der Waals surface area contributed by atoms with Crippen LogP contribution in [0.5, 0.6) is 11.5 Å². The van der Waals surface area contributed by atoms with Gasteiger partial charge in [0.2, 0.25) is 0 Å². The first-order valence-corrected chi connectivity index (χ1v) is 15.3. The predicted octanol–water partition coefficient (Wildman–Crippen LogP) is 6.19. The Bertz CT molecular complexity index is 2110. The molecule has 0 aliphatic carbocycles. The van der Waals surface area contributed by atoms with E-state index in [2.05, 4.69) is 0 Å². The van der Waals surface area contributed by atoms with Crippen LogP contribution in [0.4, 0.5) is 0 Å². The number of aromatic nitrogens is 1. The first-order valence-electron chi connectivity index (χ1n) is 14.1. The van der Waals surface area contributed by atoms with Crippen molar-refractivity contribution in [3.63, 3.8) is 0 Å². The summed E-state index contributed by atoms with van der Waals surface area (Å²) in [7, 11) is 1.57. The second-order valence-corrected chi connectivity index (χ2v) is 11.6. The normalized spacial score (nSPS) is 14.7. The summed E-state index contributed by atoms with van der Waals surface area (Å²) in [5, 5.41) is 2.58. The van der Waals surface area contributed by atoms with Gasteiger partial charge >= 0.3 is 5.97 Å². The van der Waals surface area contributed by atoms with Gasteiger partial charge in [-0.3, -0.25) is 9.36 Å². The van der Waals surface area contributed by atoms with Gasteiger partial charge in [0.05, 0.1) is 35.6 Å². The number of hydrogen-bond donors (Lipinski definition) is 0. The number of rotatable bonds is 8. The number of allylic oxidation sites excluding steroid dienone is 1. The number of carbonyl (C=O) groups excluding carboxylic acids is 1. The third-order valence-corrected chi connectivity index (χ3v) is 8.81. The second kappa shape index (κ2) is 12.5. The van der Waals surface area contributed by atoms with E-state index >= 15 is 0 Å². The molecule has 4 aromatic carbocycles. The Morgan fingerprint density at radius 3 is 2.59 bits per heavy atom. The van der Waals surface area contributed by atoms with E-state index in [1.165, 1.54) is 11.3 Å². The molecule has 7 nitrogen and oxygen atoms in total. The van der Waals surface area contributed by atoms with E-state index < -0.39 is 12.0 Å². The molecular formula is C35H29ClN2O5S. The van der Waals surface area contributed by atoms with E-state index in [4.69, 9.17) is 30.8 Å². The summed E-state index contributed by atoms with van der Waals surface area (Å²) in [4.78, 5) is 32.7. The number of hydrogen-bond acceptors (Lipinski definition) is 7. The van der Waals surface area contributed by atoms with Crippen molar-refractivity contribution in [1.29, 1.82) is 0 Å². The van der Waals surface area contributed by atoms with Crippen LogP contribution in [0.15, 0.2) is 106 Å². The topological polar surface area (TPSA) is 79.1 Å². The van der Waals surface area contributed by atoms with Gasteiger partial charge in [0, 0.05) is 10.6 Å². The Hall–Kier alpha value is -4.66. The van der Waals surface area contributed by atoms with E-state index in [9.17, 15) is 9.59 Å². The van der Waals surface area contributed by atoms with Gasteiger partial charge in [-0.15, -0.1) is 0 Å². The SMILES string of the molecule is CCOC(=O)C1=C(C)N=c2s/c(=C\c3ccc(OCc4ccccc4Cl)c(OC)c3)c(=O)n2[C@@H]1c1cccc2ccccc12. The molecule has 0 spiro atoms. The number of nitrogens with zero attached hydrogens (tertiary/aromatic N) is 2. The Kier molecular flexibility index (Phi) is 8.37. The van der Waals surface area contributed by atoms with Crippen molar-refractivity contribution in [2.24, 2.45) is 4.99 Å².